The molecule has 0 saturated heterocycles. The summed E-state index contributed by atoms with van der Waals surface area (Å²) in [6.45, 7) is 12.1. The summed E-state index contributed by atoms with van der Waals surface area (Å²) in [5.74, 6) is 0. The van der Waals surface area contributed by atoms with Crippen molar-refractivity contribution in [2.75, 3.05) is 0 Å². The van der Waals surface area contributed by atoms with E-state index in [4.69, 9.17) is 0 Å². The zero-order chi connectivity index (χ0) is 9.61. The molecule has 0 aromatic carbocycles. The first-order valence-corrected chi connectivity index (χ1v) is 4.36. The van der Waals surface area contributed by atoms with Crippen molar-refractivity contribution in [2.24, 2.45) is 0 Å². The van der Waals surface area contributed by atoms with Crippen LogP contribution < -0.4 is 10.9 Å². The van der Waals surface area contributed by atoms with Crippen molar-refractivity contribution in [1.82, 2.24) is 10.9 Å². The fourth-order valence-corrected chi connectivity index (χ4v) is 0.796. The van der Waals surface area contributed by atoms with Crippen molar-refractivity contribution >= 4 is 0 Å². The fraction of sp³-hybridized carbons (Fsp3) is 0.600. The van der Waals surface area contributed by atoms with Crippen LogP contribution in [-0.4, -0.2) is 5.54 Å². The van der Waals surface area contributed by atoms with Crippen LogP contribution in [-0.2, 0) is 0 Å². The molecular weight excluding hydrogens is 148 g/mol. The van der Waals surface area contributed by atoms with E-state index in [-0.39, 0.29) is 5.54 Å². The van der Waals surface area contributed by atoms with Gasteiger partial charge < -0.3 is 5.43 Å². The Labute approximate surface area is 75.7 Å². The molecule has 0 spiro atoms. The van der Waals surface area contributed by atoms with E-state index in [1.54, 1.807) is 0 Å². The molecule has 2 nitrogen and oxygen atoms in total. The predicted molar refractivity (Wildman–Crippen MR) is 54.6 cm³/mol. The van der Waals surface area contributed by atoms with Gasteiger partial charge in [0.05, 0.1) is 0 Å². The zero-order valence-corrected chi connectivity index (χ0v) is 8.57. The zero-order valence-electron chi connectivity index (χ0n) is 8.57. The monoisotopic (exact) mass is 168 g/mol. The highest BCUT2D eigenvalue weighted by Crippen LogP contribution is 2.02. The van der Waals surface area contributed by atoms with Crippen LogP contribution in [0.25, 0.3) is 0 Å². The topological polar surface area (TPSA) is 24.1 Å². The third-order valence-electron chi connectivity index (χ3n) is 1.57. The number of hydrogen-bond acceptors (Lipinski definition) is 2. The molecule has 0 aromatic rings. The molecule has 2 heteroatoms. The van der Waals surface area contributed by atoms with E-state index in [0.717, 1.165) is 12.1 Å². The quantitative estimate of drug-likeness (QED) is 0.486. The minimum Gasteiger partial charge on any atom is -0.325 e. The van der Waals surface area contributed by atoms with Crippen molar-refractivity contribution in [3.05, 3.63) is 24.4 Å². The Morgan fingerprint density at radius 3 is 2.50 bits per heavy atom. The van der Waals surface area contributed by atoms with Crippen molar-refractivity contribution in [3.8, 4) is 0 Å². The summed E-state index contributed by atoms with van der Waals surface area (Å²) >= 11 is 0. The van der Waals surface area contributed by atoms with Gasteiger partial charge in [-0.15, -0.1) is 0 Å². The molecule has 2 N–H and O–H groups in total. The smallest absolute Gasteiger partial charge is 0.0493 e. The summed E-state index contributed by atoms with van der Waals surface area (Å²) in [6, 6.07) is 0. The highest BCUT2D eigenvalue weighted by atomic mass is 15.4. The lowest BCUT2D eigenvalue weighted by Crippen LogP contribution is -2.46. The van der Waals surface area contributed by atoms with Crippen LogP contribution in [0.4, 0.5) is 0 Å². The Morgan fingerprint density at radius 2 is 2.08 bits per heavy atom. The average molecular weight is 168 g/mol. The summed E-state index contributed by atoms with van der Waals surface area (Å²) in [5, 5.41) is 0. The maximum atomic E-state index is 3.84. The van der Waals surface area contributed by atoms with Gasteiger partial charge in [0.2, 0.25) is 0 Å². The van der Waals surface area contributed by atoms with Crippen LogP contribution in [0.2, 0.25) is 0 Å². The van der Waals surface area contributed by atoms with Crippen LogP contribution in [0.15, 0.2) is 24.4 Å². The van der Waals surface area contributed by atoms with Gasteiger partial charge in [-0.1, -0.05) is 25.7 Å². The molecule has 0 aliphatic rings. The standard InChI is InChI=1S/C10H20N2/c1-6-8-10(4,5)12-11-9(3)7-2/h6,8,11-12H,3,7H2,1-2,4-5H3. The maximum Gasteiger partial charge on any atom is 0.0493 e. The first kappa shape index (κ1) is 11.2. The Bertz CT molecular complexity index is 169. The molecule has 0 rings (SSSR count). The number of hydrazine groups is 1. The lowest BCUT2D eigenvalue weighted by atomic mass is 10.1. The van der Waals surface area contributed by atoms with Crippen molar-refractivity contribution in [1.29, 1.82) is 0 Å². The molecule has 0 amide bonds. The minimum atomic E-state index is -0.0210. The summed E-state index contributed by atoms with van der Waals surface area (Å²) in [6.07, 6.45) is 5.07. The molecule has 0 aliphatic carbocycles. The van der Waals surface area contributed by atoms with Crippen molar-refractivity contribution in [3.63, 3.8) is 0 Å². The Hall–Kier alpha value is -0.760. The summed E-state index contributed by atoms with van der Waals surface area (Å²) in [4.78, 5) is 0. The van der Waals surface area contributed by atoms with Crippen LogP contribution in [0, 0.1) is 0 Å². The van der Waals surface area contributed by atoms with Crippen molar-refractivity contribution in [2.45, 2.75) is 39.7 Å². The maximum absolute atomic E-state index is 3.84. The Morgan fingerprint density at radius 1 is 1.50 bits per heavy atom. The Balaban J connectivity index is 3.83. The molecule has 70 valence electrons. The molecule has 0 aliphatic heterocycles. The normalized spacial score (nSPS) is 12.0. The second-order valence-electron chi connectivity index (χ2n) is 3.43. The van der Waals surface area contributed by atoms with E-state index in [1.165, 1.54) is 0 Å². The highest BCUT2D eigenvalue weighted by molar-refractivity contribution is 5.00. The van der Waals surface area contributed by atoms with E-state index in [1.807, 2.05) is 13.0 Å². The van der Waals surface area contributed by atoms with Gasteiger partial charge in [-0.3, -0.25) is 0 Å². The number of rotatable bonds is 5. The van der Waals surface area contributed by atoms with E-state index in [9.17, 15) is 0 Å². The second kappa shape index (κ2) is 4.99. The van der Waals surface area contributed by atoms with Crippen LogP contribution in [0.3, 0.4) is 0 Å². The van der Waals surface area contributed by atoms with Gasteiger partial charge >= 0.3 is 0 Å². The molecule has 0 heterocycles. The largest absolute Gasteiger partial charge is 0.325 e. The van der Waals surface area contributed by atoms with Gasteiger partial charge in [0.1, 0.15) is 0 Å². The summed E-state index contributed by atoms with van der Waals surface area (Å²) in [5.41, 5.74) is 7.22. The number of nitrogens with one attached hydrogen (secondary N) is 2. The fourth-order valence-electron chi connectivity index (χ4n) is 0.796. The molecule has 0 unspecified atom stereocenters. The van der Waals surface area contributed by atoms with Crippen LogP contribution >= 0.6 is 0 Å². The number of hydrogen-bond donors (Lipinski definition) is 2. The van der Waals surface area contributed by atoms with Crippen LogP contribution in [0.1, 0.15) is 34.1 Å². The minimum absolute atomic E-state index is 0.0210. The molecule has 0 saturated carbocycles. The van der Waals surface area contributed by atoms with Gasteiger partial charge in [0, 0.05) is 11.2 Å². The van der Waals surface area contributed by atoms with E-state index >= 15 is 0 Å². The second-order valence-corrected chi connectivity index (χ2v) is 3.43. The lowest BCUT2D eigenvalue weighted by Gasteiger charge is -2.23. The number of allylic oxidation sites excluding steroid dienone is 2. The molecule has 0 radical (unpaired) electrons. The van der Waals surface area contributed by atoms with Gasteiger partial charge in [0.15, 0.2) is 0 Å². The first-order chi connectivity index (χ1) is 5.52. The van der Waals surface area contributed by atoms with Crippen LogP contribution in [0.5, 0.6) is 0 Å². The van der Waals surface area contributed by atoms with E-state index < -0.39 is 0 Å². The van der Waals surface area contributed by atoms with E-state index in [2.05, 4.69) is 44.3 Å². The molecular formula is C10H20N2. The SMILES string of the molecule is C=C(CC)NNC(C)(C)C=CC. The highest BCUT2D eigenvalue weighted by Gasteiger charge is 2.10. The van der Waals surface area contributed by atoms with Gasteiger partial charge in [-0.05, 0) is 27.2 Å². The molecule has 12 heavy (non-hydrogen) atoms. The third kappa shape index (κ3) is 4.97. The lowest BCUT2D eigenvalue weighted by molar-refractivity contribution is 0.422. The molecule has 0 aromatic heterocycles. The van der Waals surface area contributed by atoms with Gasteiger partial charge in [0.25, 0.3) is 0 Å². The molecule has 0 fully saturated rings. The summed E-state index contributed by atoms with van der Waals surface area (Å²) < 4.78 is 0. The Kier molecular flexibility index (Phi) is 4.67. The van der Waals surface area contributed by atoms with Gasteiger partial charge in [-0.25, -0.2) is 5.43 Å². The van der Waals surface area contributed by atoms with E-state index in [0.29, 0.717) is 0 Å². The average Bonchev–Trinajstić information content (AvgIpc) is 2.00. The summed E-state index contributed by atoms with van der Waals surface area (Å²) in [7, 11) is 0. The van der Waals surface area contributed by atoms with Gasteiger partial charge in [-0.2, -0.15) is 0 Å². The third-order valence-corrected chi connectivity index (χ3v) is 1.57. The van der Waals surface area contributed by atoms with Crippen molar-refractivity contribution < 1.29 is 0 Å². The predicted octanol–water partition coefficient (Wildman–Crippen LogP) is 2.36. The molecule has 0 bridgehead atoms. The molecule has 0 atom stereocenters. The first-order valence-electron chi connectivity index (χ1n) is 4.36.